The lowest BCUT2D eigenvalue weighted by Crippen LogP contribution is -2.37. The van der Waals surface area contributed by atoms with Gasteiger partial charge in [-0.3, -0.25) is 9.67 Å². The van der Waals surface area contributed by atoms with Gasteiger partial charge < -0.3 is 10.6 Å². The minimum atomic E-state index is 0. The molecule has 0 saturated heterocycles. The predicted octanol–water partition coefficient (Wildman–Crippen LogP) is 1.06. The molecule has 0 aliphatic carbocycles. The molecule has 0 fully saturated rings. The van der Waals surface area contributed by atoms with Crippen LogP contribution in [0.2, 0.25) is 0 Å². The number of nitrogens with zero attached hydrogens (tertiary/aromatic N) is 4. The molecule has 0 unspecified atom stereocenters. The van der Waals surface area contributed by atoms with Crippen molar-refractivity contribution < 1.29 is 0 Å². The van der Waals surface area contributed by atoms with Gasteiger partial charge in [-0.2, -0.15) is 5.10 Å². The van der Waals surface area contributed by atoms with Crippen molar-refractivity contribution in [2.45, 2.75) is 19.9 Å². The van der Waals surface area contributed by atoms with Crippen molar-refractivity contribution in [3.63, 3.8) is 0 Å². The molecule has 6 nitrogen and oxygen atoms in total. The van der Waals surface area contributed by atoms with Gasteiger partial charge in [0, 0.05) is 20.6 Å². The van der Waals surface area contributed by atoms with Crippen molar-refractivity contribution in [2.75, 3.05) is 13.6 Å². The number of halogens is 1. The van der Waals surface area contributed by atoms with Gasteiger partial charge >= 0.3 is 0 Å². The third kappa shape index (κ3) is 5.99. The highest BCUT2D eigenvalue weighted by Gasteiger charge is 2.01. The van der Waals surface area contributed by atoms with Crippen LogP contribution in [0.4, 0.5) is 0 Å². The highest BCUT2D eigenvalue weighted by atomic mass is 127. The molecule has 0 amide bonds. The van der Waals surface area contributed by atoms with E-state index in [4.69, 9.17) is 0 Å². The molecule has 0 bridgehead atoms. The van der Waals surface area contributed by atoms with Crippen LogP contribution in [-0.2, 0) is 13.6 Å². The van der Waals surface area contributed by atoms with Gasteiger partial charge in [-0.05, 0) is 13.3 Å². The van der Waals surface area contributed by atoms with E-state index in [2.05, 4.69) is 31.8 Å². The Balaban J connectivity index is 0.00000289. The molecule has 0 saturated carbocycles. The van der Waals surface area contributed by atoms with Crippen molar-refractivity contribution in [2.24, 2.45) is 12.0 Å². The van der Waals surface area contributed by atoms with Gasteiger partial charge in [0.2, 0.25) is 0 Å². The minimum Gasteiger partial charge on any atom is -0.356 e. The average Bonchev–Trinajstić information content (AvgIpc) is 2.74. The van der Waals surface area contributed by atoms with Gasteiger partial charge in [0.25, 0.3) is 0 Å². The number of allylic oxidation sites excluding steroid dienone is 1. The fraction of sp³-hybridized carbons (Fsp3) is 0.545. The van der Waals surface area contributed by atoms with E-state index in [-0.39, 0.29) is 24.0 Å². The number of aryl methyl sites for hydroxylation is 1. The molecule has 0 aliphatic heterocycles. The molecule has 1 aromatic rings. The standard InChI is InChI=1S/C11H20N6.HI/c1-4-5-6-7-13-11(12-2)14-8-10-15-9-16-17(10)3;/h4-5,9H,6-8H2,1-3H3,(H2,12,13,14);1H/b5-4+;. The zero-order valence-electron chi connectivity index (χ0n) is 11.1. The molecular formula is C11H21IN6. The SMILES string of the molecule is C/C=C/CCNC(=NC)NCc1ncnn1C.I. The Hall–Kier alpha value is -1.12. The summed E-state index contributed by atoms with van der Waals surface area (Å²) in [5.74, 6) is 1.65. The molecule has 0 aliphatic rings. The summed E-state index contributed by atoms with van der Waals surface area (Å²) in [4.78, 5) is 8.25. The summed E-state index contributed by atoms with van der Waals surface area (Å²) in [6, 6.07) is 0. The van der Waals surface area contributed by atoms with Crippen LogP contribution in [0.5, 0.6) is 0 Å². The number of rotatable bonds is 5. The Bertz CT molecular complexity index is 385. The van der Waals surface area contributed by atoms with Gasteiger partial charge in [-0.1, -0.05) is 12.2 Å². The maximum Gasteiger partial charge on any atom is 0.191 e. The molecule has 18 heavy (non-hydrogen) atoms. The van der Waals surface area contributed by atoms with Crippen LogP contribution >= 0.6 is 24.0 Å². The zero-order valence-corrected chi connectivity index (χ0v) is 13.4. The molecule has 0 radical (unpaired) electrons. The monoisotopic (exact) mass is 364 g/mol. The fourth-order valence-electron chi connectivity index (χ4n) is 1.30. The van der Waals surface area contributed by atoms with Crippen molar-refractivity contribution in [1.29, 1.82) is 0 Å². The van der Waals surface area contributed by atoms with Crippen molar-refractivity contribution in [1.82, 2.24) is 25.4 Å². The molecule has 102 valence electrons. The smallest absolute Gasteiger partial charge is 0.191 e. The highest BCUT2D eigenvalue weighted by molar-refractivity contribution is 14.0. The predicted molar refractivity (Wildman–Crippen MR) is 84.1 cm³/mol. The second-order valence-corrected chi connectivity index (χ2v) is 3.51. The third-order valence-electron chi connectivity index (χ3n) is 2.28. The summed E-state index contributed by atoms with van der Waals surface area (Å²) in [5.41, 5.74) is 0. The van der Waals surface area contributed by atoms with Gasteiger partial charge in [-0.15, -0.1) is 24.0 Å². The Kier molecular flexibility index (Phi) is 9.25. The molecular weight excluding hydrogens is 343 g/mol. The molecule has 2 N–H and O–H groups in total. The summed E-state index contributed by atoms with van der Waals surface area (Å²) in [7, 11) is 3.62. The number of hydrogen-bond donors (Lipinski definition) is 2. The summed E-state index contributed by atoms with van der Waals surface area (Å²) in [6.45, 7) is 3.49. The van der Waals surface area contributed by atoms with E-state index in [1.807, 2.05) is 20.0 Å². The van der Waals surface area contributed by atoms with Crippen LogP contribution in [0.15, 0.2) is 23.5 Å². The molecule has 0 spiro atoms. The fourth-order valence-corrected chi connectivity index (χ4v) is 1.30. The second kappa shape index (κ2) is 9.86. The van der Waals surface area contributed by atoms with Crippen molar-refractivity contribution >= 4 is 29.9 Å². The molecule has 1 heterocycles. The molecule has 0 aromatic carbocycles. The largest absolute Gasteiger partial charge is 0.356 e. The Labute approximate surface area is 125 Å². The second-order valence-electron chi connectivity index (χ2n) is 3.51. The maximum absolute atomic E-state index is 4.13. The van der Waals surface area contributed by atoms with Gasteiger partial charge in [-0.25, -0.2) is 4.98 Å². The van der Waals surface area contributed by atoms with Gasteiger partial charge in [0.15, 0.2) is 5.96 Å². The van der Waals surface area contributed by atoms with Crippen LogP contribution in [0.1, 0.15) is 19.2 Å². The molecule has 7 heteroatoms. The zero-order chi connectivity index (χ0) is 12.5. The van der Waals surface area contributed by atoms with E-state index >= 15 is 0 Å². The average molecular weight is 364 g/mol. The first-order valence-corrected chi connectivity index (χ1v) is 5.66. The first-order chi connectivity index (χ1) is 8.27. The molecule has 1 rings (SSSR count). The van der Waals surface area contributed by atoms with E-state index in [1.165, 1.54) is 0 Å². The summed E-state index contributed by atoms with van der Waals surface area (Å²) in [6.07, 6.45) is 6.68. The minimum absolute atomic E-state index is 0. The molecule has 1 aromatic heterocycles. The number of aromatic nitrogens is 3. The number of guanidine groups is 1. The number of nitrogens with one attached hydrogen (secondary N) is 2. The Morgan fingerprint density at radius 1 is 1.50 bits per heavy atom. The van der Waals surface area contributed by atoms with Crippen LogP contribution < -0.4 is 10.6 Å². The normalized spacial score (nSPS) is 11.4. The van der Waals surface area contributed by atoms with Crippen LogP contribution in [0.25, 0.3) is 0 Å². The number of hydrogen-bond acceptors (Lipinski definition) is 3. The summed E-state index contributed by atoms with van der Waals surface area (Å²) >= 11 is 0. The van der Waals surface area contributed by atoms with Crippen LogP contribution in [-0.4, -0.2) is 34.3 Å². The summed E-state index contributed by atoms with van der Waals surface area (Å²) in [5, 5.41) is 10.4. The lowest BCUT2D eigenvalue weighted by Gasteiger charge is -2.10. The van der Waals surface area contributed by atoms with Crippen molar-refractivity contribution in [3.8, 4) is 0 Å². The van der Waals surface area contributed by atoms with E-state index in [9.17, 15) is 0 Å². The van der Waals surface area contributed by atoms with Gasteiger partial charge in [0.05, 0.1) is 6.54 Å². The topological polar surface area (TPSA) is 67.1 Å². The lowest BCUT2D eigenvalue weighted by molar-refractivity contribution is 0.673. The first kappa shape index (κ1) is 16.9. The Morgan fingerprint density at radius 3 is 2.83 bits per heavy atom. The maximum atomic E-state index is 4.13. The van der Waals surface area contributed by atoms with Gasteiger partial charge in [0.1, 0.15) is 12.2 Å². The van der Waals surface area contributed by atoms with E-state index in [1.54, 1.807) is 18.1 Å². The van der Waals surface area contributed by atoms with Crippen molar-refractivity contribution in [3.05, 3.63) is 24.3 Å². The van der Waals surface area contributed by atoms with Crippen LogP contribution in [0.3, 0.4) is 0 Å². The lowest BCUT2D eigenvalue weighted by atomic mass is 10.4. The highest BCUT2D eigenvalue weighted by Crippen LogP contribution is 1.89. The van der Waals surface area contributed by atoms with E-state index < -0.39 is 0 Å². The van der Waals surface area contributed by atoms with E-state index in [0.29, 0.717) is 6.54 Å². The third-order valence-corrected chi connectivity index (χ3v) is 2.28. The molecule has 0 atom stereocenters. The Morgan fingerprint density at radius 2 is 2.28 bits per heavy atom. The quantitative estimate of drug-likeness (QED) is 0.270. The van der Waals surface area contributed by atoms with E-state index in [0.717, 1.165) is 24.7 Å². The van der Waals surface area contributed by atoms with Crippen LogP contribution in [0, 0.1) is 0 Å². The number of aliphatic imine (C=N–C) groups is 1. The summed E-state index contributed by atoms with van der Waals surface area (Å²) < 4.78 is 1.74. The first-order valence-electron chi connectivity index (χ1n) is 5.66.